The lowest BCUT2D eigenvalue weighted by atomic mass is 10.0. The van der Waals surface area contributed by atoms with Crippen LogP contribution in [0.2, 0.25) is 0 Å². The van der Waals surface area contributed by atoms with E-state index in [1.165, 1.54) is 5.56 Å². The van der Waals surface area contributed by atoms with Crippen LogP contribution < -0.4 is 10.1 Å². The fourth-order valence-corrected chi connectivity index (χ4v) is 3.27. The molecular formula is C20H30N4O3. The number of nitrogens with zero attached hydrogens (tertiary/aromatic N) is 3. The van der Waals surface area contributed by atoms with Crippen LogP contribution in [0.1, 0.15) is 50.2 Å². The quantitative estimate of drug-likeness (QED) is 0.761. The third kappa shape index (κ3) is 5.06. The van der Waals surface area contributed by atoms with E-state index >= 15 is 0 Å². The Hall–Kier alpha value is -1.96. The zero-order valence-corrected chi connectivity index (χ0v) is 16.6. The van der Waals surface area contributed by atoms with E-state index in [4.69, 9.17) is 14.0 Å². The first-order valence-electron chi connectivity index (χ1n) is 9.60. The second-order valence-electron chi connectivity index (χ2n) is 7.35. The maximum Gasteiger partial charge on any atom is 0.240 e. The molecule has 1 aromatic carbocycles. The Kier molecular flexibility index (Phi) is 6.82. The number of rotatable bonds is 8. The Morgan fingerprint density at radius 2 is 2.11 bits per heavy atom. The van der Waals surface area contributed by atoms with Crippen LogP contribution in [0.25, 0.3) is 0 Å². The average Bonchev–Trinajstić information content (AvgIpc) is 3.15. The van der Waals surface area contributed by atoms with Gasteiger partial charge in [-0.25, -0.2) is 0 Å². The molecule has 1 N–H and O–H groups in total. The lowest BCUT2D eigenvalue weighted by Crippen LogP contribution is -2.45. The number of aromatic nitrogens is 2. The number of benzene rings is 1. The van der Waals surface area contributed by atoms with E-state index in [2.05, 4.69) is 40.3 Å². The van der Waals surface area contributed by atoms with E-state index in [-0.39, 0.29) is 12.1 Å². The summed E-state index contributed by atoms with van der Waals surface area (Å²) in [5, 5.41) is 7.58. The molecule has 2 atom stereocenters. The van der Waals surface area contributed by atoms with Gasteiger partial charge in [0.1, 0.15) is 11.9 Å². The van der Waals surface area contributed by atoms with Crippen molar-refractivity contribution < 1.29 is 14.0 Å². The van der Waals surface area contributed by atoms with Crippen molar-refractivity contribution in [2.45, 2.75) is 39.5 Å². The standard InChI is InChI=1S/C20H30N4O3/c1-14(2)13-26-15(3)20-22-19(27-23-20)12-24-10-9-21-11-17(24)16-7-5-6-8-18(16)25-4/h5-8,14-15,17,21H,9-13H2,1-4H3. The van der Waals surface area contributed by atoms with Gasteiger partial charge in [-0.3, -0.25) is 4.90 Å². The Bertz CT molecular complexity index is 719. The van der Waals surface area contributed by atoms with Gasteiger partial charge in [0.05, 0.1) is 19.7 Å². The number of hydrogen-bond donors (Lipinski definition) is 1. The predicted octanol–water partition coefficient (Wildman–Crippen LogP) is 2.96. The molecule has 1 fully saturated rings. The van der Waals surface area contributed by atoms with Crippen LogP contribution in [0, 0.1) is 5.92 Å². The molecule has 0 aliphatic carbocycles. The summed E-state index contributed by atoms with van der Waals surface area (Å²) in [5.74, 6) is 2.60. The zero-order chi connectivity index (χ0) is 19.2. The van der Waals surface area contributed by atoms with E-state index in [0.29, 0.717) is 30.8 Å². The van der Waals surface area contributed by atoms with E-state index in [1.54, 1.807) is 7.11 Å². The summed E-state index contributed by atoms with van der Waals surface area (Å²) >= 11 is 0. The van der Waals surface area contributed by atoms with Crippen molar-refractivity contribution in [1.29, 1.82) is 0 Å². The molecule has 148 valence electrons. The van der Waals surface area contributed by atoms with Crippen molar-refractivity contribution in [3.05, 3.63) is 41.5 Å². The average molecular weight is 374 g/mol. The highest BCUT2D eigenvalue weighted by Crippen LogP contribution is 2.31. The van der Waals surface area contributed by atoms with Crippen molar-refractivity contribution in [2.24, 2.45) is 5.92 Å². The summed E-state index contributed by atoms with van der Waals surface area (Å²) in [5.41, 5.74) is 1.17. The summed E-state index contributed by atoms with van der Waals surface area (Å²) in [6.45, 7) is 10.2. The minimum Gasteiger partial charge on any atom is -0.496 e. The lowest BCUT2D eigenvalue weighted by molar-refractivity contribution is 0.0402. The maximum absolute atomic E-state index is 5.79. The molecule has 0 spiro atoms. The van der Waals surface area contributed by atoms with Crippen molar-refractivity contribution in [2.75, 3.05) is 33.4 Å². The molecule has 7 heteroatoms. The van der Waals surface area contributed by atoms with Crippen molar-refractivity contribution in [3.8, 4) is 5.75 Å². The first-order chi connectivity index (χ1) is 13.1. The summed E-state index contributed by atoms with van der Waals surface area (Å²) in [6, 6.07) is 8.35. The maximum atomic E-state index is 5.79. The van der Waals surface area contributed by atoms with Crippen LogP contribution in [0.3, 0.4) is 0 Å². The molecule has 0 amide bonds. The van der Waals surface area contributed by atoms with Crippen LogP contribution in [0.15, 0.2) is 28.8 Å². The minimum absolute atomic E-state index is 0.169. The van der Waals surface area contributed by atoms with Gasteiger partial charge >= 0.3 is 0 Å². The first kappa shape index (κ1) is 19.8. The molecule has 2 aromatic rings. The number of nitrogens with one attached hydrogen (secondary N) is 1. The van der Waals surface area contributed by atoms with Gasteiger partial charge in [0.2, 0.25) is 5.89 Å². The minimum atomic E-state index is -0.169. The Morgan fingerprint density at radius 3 is 2.89 bits per heavy atom. The number of hydrogen-bond acceptors (Lipinski definition) is 7. The van der Waals surface area contributed by atoms with Gasteiger partial charge in [-0.05, 0) is 18.9 Å². The predicted molar refractivity (Wildman–Crippen MR) is 103 cm³/mol. The summed E-state index contributed by atoms with van der Waals surface area (Å²) in [6.07, 6.45) is -0.169. The molecule has 0 bridgehead atoms. The van der Waals surface area contributed by atoms with Gasteiger partial charge in [0, 0.05) is 31.8 Å². The molecule has 1 saturated heterocycles. The molecule has 0 radical (unpaired) electrons. The van der Waals surface area contributed by atoms with E-state index in [0.717, 1.165) is 25.4 Å². The molecule has 3 rings (SSSR count). The van der Waals surface area contributed by atoms with Crippen LogP contribution in [-0.2, 0) is 11.3 Å². The normalized spacial score (nSPS) is 19.4. The highest BCUT2D eigenvalue weighted by atomic mass is 16.5. The van der Waals surface area contributed by atoms with E-state index in [9.17, 15) is 0 Å². The number of ether oxygens (including phenoxy) is 2. The summed E-state index contributed by atoms with van der Waals surface area (Å²) in [7, 11) is 1.71. The number of methoxy groups -OCH3 is 1. The second-order valence-corrected chi connectivity index (χ2v) is 7.35. The molecule has 1 aromatic heterocycles. The van der Waals surface area contributed by atoms with Gasteiger partial charge in [-0.2, -0.15) is 4.98 Å². The molecular weight excluding hydrogens is 344 g/mol. The molecule has 2 unspecified atom stereocenters. The summed E-state index contributed by atoms with van der Waals surface area (Å²) < 4.78 is 16.8. The van der Waals surface area contributed by atoms with Crippen molar-refractivity contribution >= 4 is 0 Å². The van der Waals surface area contributed by atoms with Crippen LogP contribution >= 0.6 is 0 Å². The van der Waals surface area contributed by atoms with Gasteiger partial charge < -0.3 is 19.3 Å². The SMILES string of the molecule is COc1ccccc1C1CNCCN1Cc1nc(C(C)OCC(C)C)no1. The third-order valence-corrected chi connectivity index (χ3v) is 4.72. The van der Waals surface area contributed by atoms with E-state index in [1.807, 2.05) is 25.1 Å². The van der Waals surface area contributed by atoms with E-state index < -0.39 is 0 Å². The monoisotopic (exact) mass is 374 g/mol. The van der Waals surface area contributed by atoms with Crippen LogP contribution in [-0.4, -0.2) is 48.4 Å². The molecule has 27 heavy (non-hydrogen) atoms. The topological polar surface area (TPSA) is 72.7 Å². The first-order valence-corrected chi connectivity index (χ1v) is 9.60. The van der Waals surface area contributed by atoms with Crippen molar-refractivity contribution in [1.82, 2.24) is 20.4 Å². The zero-order valence-electron chi connectivity index (χ0n) is 16.6. The van der Waals surface area contributed by atoms with Gasteiger partial charge in [0.25, 0.3) is 0 Å². The van der Waals surface area contributed by atoms with Crippen LogP contribution in [0.5, 0.6) is 5.75 Å². The third-order valence-electron chi connectivity index (χ3n) is 4.72. The fraction of sp³-hybridized carbons (Fsp3) is 0.600. The number of piperazine rings is 1. The largest absolute Gasteiger partial charge is 0.496 e. The highest BCUT2D eigenvalue weighted by Gasteiger charge is 2.28. The second kappa shape index (κ2) is 9.30. The van der Waals surface area contributed by atoms with Crippen molar-refractivity contribution in [3.63, 3.8) is 0 Å². The Morgan fingerprint density at radius 1 is 1.30 bits per heavy atom. The van der Waals surface area contributed by atoms with Gasteiger partial charge in [0.15, 0.2) is 5.82 Å². The lowest BCUT2D eigenvalue weighted by Gasteiger charge is -2.36. The Labute approximate surface area is 161 Å². The smallest absolute Gasteiger partial charge is 0.240 e. The molecule has 7 nitrogen and oxygen atoms in total. The summed E-state index contributed by atoms with van der Waals surface area (Å²) in [4.78, 5) is 6.91. The van der Waals surface area contributed by atoms with Gasteiger partial charge in [-0.1, -0.05) is 37.2 Å². The molecule has 1 aliphatic heterocycles. The molecule has 0 saturated carbocycles. The fourth-order valence-electron chi connectivity index (χ4n) is 3.27. The van der Waals surface area contributed by atoms with Crippen LogP contribution in [0.4, 0.5) is 0 Å². The van der Waals surface area contributed by atoms with Gasteiger partial charge in [-0.15, -0.1) is 0 Å². The number of para-hydroxylation sites is 1. The Balaban J connectivity index is 1.70. The highest BCUT2D eigenvalue weighted by molar-refractivity contribution is 5.36. The molecule has 1 aliphatic rings. The molecule has 2 heterocycles.